The monoisotopic (exact) mass is 815 g/mol. The molecule has 0 N–H and O–H groups in total. The molecule has 0 bridgehead atoms. The van der Waals surface area contributed by atoms with Crippen molar-refractivity contribution in [3.05, 3.63) is 149 Å². The quantitative estimate of drug-likeness (QED) is 0.117. The molecule has 4 aliphatic rings. The number of nitrogens with zero attached hydrogens (tertiary/aromatic N) is 7. The number of aryl methyl sites for hydroxylation is 1. The highest BCUT2D eigenvalue weighted by Crippen LogP contribution is 2.50. The zero-order chi connectivity index (χ0) is 40.4. The van der Waals surface area contributed by atoms with Crippen LogP contribution in [-0.4, -0.2) is 86.9 Å². The van der Waals surface area contributed by atoms with Crippen LogP contribution in [0.25, 0.3) is 32.9 Å². The maximum atomic E-state index is 14.7. The molecule has 4 aliphatic heterocycles. The fourth-order valence-electron chi connectivity index (χ4n) is 10.3. The fraction of sp³-hybridized carbons (Fsp3) is 0.306. The van der Waals surface area contributed by atoms with Gasteiger partial charge in [-0.3, -0.25) is 9.69 Å². The van der Waals surface area contributed by atoms with E-state index in [9.17, 15) is 4.79 Å². The van der Waals surface area contributed by atoms with Crippen LogP contribution in [0, 0.1) is 6.92 Å². The first-order valence-corrected chi connectivity index (χ1v) is 21.6. The van der Waals surface area contributed by atoms with E-state index in [1.807, 2.05) is 10.9 Å². The third-order valence-corrected chi connectivity index (χ3v) is 13.5. The average Bonchev–Trinajstić information content (AvgIpc) is 3.98. The molecule has 2 aromatic heterocycles. The van der Waals surface area contributed by atoms with Crippen LogP contribution in [0.4, 0.5) is 5.82 Å². The summed E-state index contributed by atoms with van der Waals surface area (Å²) in [5.74, 6) is 1.55. The number of hydrogen-bond donors (Lipinski definition) is 0. The molecule has 0 saturated carbocycles. The number of ether oxygens (including phenoxy) is 2. The lowest BCUT2D eigenvalue weighted by atomic mass is 9.76. The Bertz CT molecular complexity index is 2630. The smallest absolute Gasteiger partial charge is 0.241 e. The number of fused-ring (bicyclic) bond motifs is 3. The highest BCUT2D eigenvalue weighted by molar-refractivity contribution is 6.37. The minimum Gasteiger partial charge on any atom is -0.491 e. The van der Waals surface area contributed by atoms with E-state index in [4.69, 9.17) is 36.1 Å². The molecule has 11 rings (SSSR count). The first-order valence-electron chi connectivity index (χ1n) is 21.2. The van der Waals surface area contributed by atoms with E-state index in [0.29, 0.717) is 50.0 Å². The summed E-state index contributed by atoms with van der Waals surface area (Å²) >= 11 is 7.44. The summed E-state index contributed by atoms with van der Waals surface area (Å²) in [5.41, 5.74) is 7.54. The predicted molar refractivity (Wildman–Crippen MR) is 234 cm³/mol. The van der Waals surface area contributed by atoms with Crippen molar-refractivity contribution in [2.75, 3.05) is 44.3 Å². The maximum Gasteiger partial charge on any atom is 0.241 e. The zero-order valence-electron chi connectivity index (χ0n) is 33.6. The molecule has 302 valence electrons. The number of carbonyl (C=O) groups excluding carboxylic acids is 1. The topological polar surface area (TPSA) is 88.6 Å². The van der Waals surface area contributed by atoms with Crippen LogP contribution in [0.3, 0.4) is 0 Å². The SMILES string of the molecule is Cc1ccc2c(cnn2C2CCCCO2)c1-c1cc2ncnc3c2c(c1Cl)OCC[C@@H]1CN(C(=O)C2CN2C(c2ccccc2)(c2ccccc2)c2ccccc2)CCN31. The lowest BCUT2D eigenvalue weighted by Gasteiger charge is -2.44. The summed E-state index contributed by atoms with van der Waals surface area (Å²) in [4.78, 5) is 31.2. The number of amides is 1. The number of aromatic nitrogens is 4. The Labute approximate surface area is 354 Å². The lowest BCUT2D eigenvalue weighted by molar-refractivity contribution is -0.132. The summed E-state index contributed by atoms with van der Waals surface area (Å²) in [5, 5.41) is 7.18. The summed E-state index contributed by atoms with van der Waals surface area (Å²) in [6.07, 6.45) is 7.33. The predicted octanol–water partition coefficient (Wildman–Crippen LogP) is 8.78. The molecule has 10 nitrogen and oxygen atoms in total. The van der Waals surface area contributed by atoms with Gasteiger partial charge in [-0.05, 0) is 66.1 Å². The van der Waals surface area contributed by atoms with Crippen LogP contribution in [0.1, 0.15) is 54.2 Å². The van der Waals surface area contributed by atoms with Gasteiger partial charge in [0.2, 0.25) is 5.91 Å². The van der Waals surface area contributed by atoms with E-state index in [0.717, 1.165) is 86.9 Å². The second-order valence-corrected chi connectivity index (χ2v) is 16.9. The van der Waals surface area contributed by atoms with E-state index >= 15 is 0 Å². The molecule has 11 heteroatoms. The van der Waals surface area contributed by atoms with Crippen LogP contribution in [0.15, 0.2) is 122 Å². The number of rotatable bonds is 7. The van der Waals surface area contributed by atoms with Gasteiger partial charge in [-0.15, -0.1) is 0 Å². The van der Waals surface area contributed by atoms with Crippen LogP contribution in [-0.2, 0) is 15.1 Å². The minimum atomic E-state index is -0.622. The Hall–Kier alpha value is -5.81. The molecule has 3 fully saturated rings. The number of hydrogen-bond acceptors (Lipinski definition) is 8. The molecule has 0 radical (unpaired) electrons. The summed E-state index contributed by atoms with van der Waals surface area (Å²) in [7, 11) is 0. The van der Waals surface area contributed by atoms with E-state index < -0.39 is 5.54 Å². The van der Waals surface area contributed by atoms with Crippen LogP contribution < -0.4 is 9.64 Å². The van der Waals surface area contributed by atoms with Crippen LogP contribution in [0.5, 0.6) is 5.75 Å². The maximum absolute atomic E-state index is 14.7. The van der Waals surface area contributed by atoms with Crippen molar-refractivity contribution < 1.29 is 14.3 Å². The Morgan fingerprint density at radius 1 is 0.817 bits per heavy atom. The van der Waals surface area contributed by atoms with Crippen molar-refractivity contribution in [2.24, 2.45) is 0 Å². The Morgan fingerprint density at radius 2 is 1.53 bits per heavy atom. The first-order chi connectivity index (χ1) is 29.5. The Kier molecular flexibility index (Phi) is 9.32. The van der Waals surface area contributed by atoms with Crippen molar-refractivity contribution in [3.63, 3.8) is 0 Å². The number of halogens is 1. The molecule has 0 spiro atoms. The molecule has 3 unspecified atom stereocenters. The van der Waals surface area contributed by atoms with E-state index in [-0.39, 0.29) is 24.2 Å². The van der Waals surface area contributed by atoms with Crippen LogP contribution >= 0.6 is 11.6 Å². The molecule has 4 atom stereocenters. The fourth-order valence-corrected chi connectivity index (χ4v) is 10.6. The second kappa shape index (κ2) is 15.0. The largest absolute Gasteiger partial charge is 0.491 e. The van der Waals surface area contributed by atoms with Gasteiger partial charge in [-0.2, -0.15) is 5.10 Å². The van der Waals surface area contributed by atoms with Gasteiger partial charge in [0.05, 0.1) is 45.8 Å². The molecule has 0 aliphatic carbocycles. The number of piperazine rings is 1. The van der Waals surface area contributed by atoms with Crippen molar-refractivity contribution in [2.45, 2.75) is 56.5 Å². The molecular weight excluding hydrogens is 770 g/mol. The molecule has 6 heterocycles. The standard InChI is InChI=1S/C49H46ClN7O3/c1-32-20-21-40-38(28-53-57(40)42-19-11-12-25-59-42)43(32)37-27-39-44-46(45(37)50)60-26-22-36-29-54(23-24-55(36)47(44)52-31-51-39)48(58)41-30-56(41)49(33-13-5-2-6-14-33,34-15-7-3-8-16-34)35-17-9-4-10-18-35/h2-10,13-18,20-21,27-28,31,36,41-42H,11-12,19,22-26,29-30H2,1H3/t36-,41?,42?,56?/m1/s1. The van der Waals surface area contributed by atoms with E-state index in [1.165, 1.54) is 0 Å². The van der Waals surface area contributed by atoms with Crippen LogP contribution in [0.2, 0.25) is 5.02 Å². The number of anilines is 1. The number of benzene rings is 5. The van der Waals surface area contributed by atoms with Gasteiger partial charge in [-0.25, -0.2) is 14.6 Å². The highest BCUT2D eigenvalue weighted by atomic mass is 35.5. The average molecular weight is 816 g/mol. The highest BCUT2D eigenvalue weighted by Gasteiger charge is 2.57. The molecule has 7 aromatic rings. The van der Waals surface area contributed by atoms with Gasteiger partial charge >= 0.3 is 0 Å². The third-order valence-electron chi connectivity index (χ3n) is 13.2. The van der Waals surface area contributed by atoms with E-state index in [1.54, 1.807) is 6.33 Å². The van der Waals surface area contributed by atoms with E-state index in [2.05, 4.69) is 131 Å². The van der Waals surface area contributed by atoms with Gasteiger partial charge in [0, 0.05) is 50.2 Å². The summed E-state index contributed by atoms with van der Waals surface area (Å²) < 4.78 is 14.8. The molecule has 5 aromatic carbocycles. The molecular formula is C49H46ClN7O3. The molecule has 60 heavy (non-hydrogen) atoms. The van der Waals surface area contributed by atoms with Gasteiger partial charge in [0.25, 0.3) is 0 Å². The third kappa shape index (κ3) is 5.98. The van der Waals surface area contributed by atoms with Gasteiger partial charge in [-0.1, -0.05) is 109 Å². The van der Waals surface area contributed by atoms with Crippen molar-refractivity contribution in [3.8, 4) is 16.9 Å². The van der Waals surface area contributed by atoms with Crippen molar-refractivity contribution in [1.29, 1.82) is 0 Å². The first kappa shape index (κ1) is 37.2. The molecule has 1 amide bonds. The summed E-state index contributed by atoms with van der Waals surface area (Å²) in [6.45, 7) is 5.74. The van der Waals surface area contributed by atoms with Gasteiger partial charge < -0.3 is 19.3 Å². The van der Waals surface area contributed by atoms with Crippen molar-refractivity contribution in [1.82, 2.24) is 29.5 Å². The molecule has 3 saturated heterocycles. The van der Waals surface area contributed by atoms with Gasteiger partial charge in [0.15, 0.2) is 12.0 Å². The minimum absolute atomic E-state index is 0.00515. The normalized spacial score (nSPS) is 21.6. The number of carbonyl (C=O) groups is 1. The Balaban J connectivity index is 0.907. The Morgan fingerprint density at radius 3 is 2.22 bits per heavy atom. The van der Waals surface area contributed by atoms with Gasteiger partial charge in [0.1, 0.15) is 18.2 Å². The zero-order valence-corrected chi connectivity index (χ0v) is 34.3. The lowest BCUT2D eigenvalue weighted by Crippen LogP contribution is -2.57. The van der Waals surface area contributed by atoms with Crippen molar-refractivity contribution >= 4 is 45.1 Å². The summed E-state index contributed by atoms with van der Waals surface area (Å²) in [6, 6.07) is 37.9. The second-order valence-electron chi connectivity index (χ2n) is 16.5.